The zero-order chi connectivity index (χ0) is 18.0. The summed E-state index contributed by atoms with van der Waals surface area (Å²) in [7, 11) is -2.27. The summed E-state index contributed by atoms with van der Waals surface area (Å²) in [4.78, 5) is 0. The van der Waals surface area contributed by atoms with Gasteiger partial charge >= 0.3 is 7.12 Å². The third-order valence-corrected chi connectivity index (χ3v) is 9.16. The van der Waals surface area contributed by atoms with Crippen LogP contribution in [0.15, 0.2) is 12.1 Å². The summed E-state index contributed by atoms with van der Waals surface area (Å²) in [5, 5.41) is 18.5. The molecule has 0 aliphatic carbocycles. The number of hydrogen-bond acceptors (Lipinski definition) is 4. The fourth-order valence-corrected chi connectivity index (χ4v) is 3.08. The average Bonchev–Trinajstić information content (AvgIpc) is 2.42. The third kappa shape index (κ3) is 4.79. The monoisotopic (exact) mass is 342 g/mol. The lowest BCUT2D eigenvalue weighted by atomic mass is 9.78. The zero-order valence-electron chi connectivity index (χ0n) is 15.1. The minimum Gasteiger partial charge on any atom is -0.496 e. The minimum atomic E-state index is -1.89. The Morgan fingerprint density at radius 3 is 2.26 bits per heavy atom. The van der Waals surface area contributed by atoms with Gasteiger partial charge in [-0.1, -0.05) is 27.7 Å². The first-order chi connectivity index (χ1) is 10.4. The van der Waals surface area contributed by atoms with Gasteiger partial charge in [0.15, 0.2) is 8.32 Å². The number of halogens is 1. The molecule has 4 nitrogen and oxygen atoms in total. The summed E-state index contributed by atoms with van der Waals surface area (Å²) in [6.45, 7) is 13.3. The molecule has 0 fully saturated rings. The Balaban J connectivity index is 3.00. The number of hydrogen-bond donors (Lipinski definition) is 2. The second-order valence-corrected chi connectivity index (χ2v) is 12.3. The van der Waals surface area contributed by atoms with E-state index in [9.17, 15) is 14.4 Å². The first-order valence-corrected chi connectivity index (χ1v) is 10.7. The lowest BCUT2D eigenvalue weighted by molar-refractivity contribution is 0.266. The van der Waals surface area contributed by atoms with Crippen molar-refractivity contribution < 1.29 is 23.6 Å². The molecular weight excluding hydrogens is 314 g/mol. The molecular formula is C16H28BFO4Si. The first-order valence-electron chi connectivity index (χ1n) is 7.78. The van der Waals surface area contributed by atoms with Gasteiger partial charge in [0.25, 0.3) is 0 Å². The molecule has 0 aromatic heterocycles. The van der Waals surface area contributed by atoms with Gasteiger partial charge in [-0.15, -0.1) is 0 Å². The lowest BCUT2D eigenvalue weighted by Gasteiger charge is -2.37. The van der Waals surface area contributed by atoms with Crippen molar-refractivity contribution in [2.45, 2.75) is 51.7 Å². The predicted octanol–water partition coefficient (Wildman–Crippen LogP) is 2.64. The van der Waals surface area contributed by atoms with Crippen LogP contribution >= 0.6 is 0 Å². The number of methoxy groups -OCH3 is 1. The van der Waals surface area contributed by atoms with Gasteiger partial charge < -0.3 is 19.2 Å². The molecule has 7 heteroatoms. The highest BCUT2D eigenvalue weighted by atomic mass is 28.4. The van der Waals surface area contributed by atoms with Gasteiger partial charge in [-0.25, -0.2) is 4.39 Å². The van der Waals surface area contributed by atoms with E-state index in [1.54, 1.807) is 0 Å². The van der Waals surface area contributed by atoms with Gasteiger partial charge in [0.2, 0.25) is 0 Å². The Bertz CT molecular complexity index is 544. The van der Waals surface area contributed by atoms with Crippen LogP contribution < -0.4 is 10.2 Å². The van der Waals surface area contributed by atoms with Crippen LogP contribution in [-0.2, 0) is 4.43 Å². The Morgan fingerprint density at radius 2 is 1.83 bits per heavy atom. The van der Waals surface area contributed by atoms with Crippen LogP contribution in [-0.4, -0.2) is 39.2 Å². The van der Waals surface area contributed by atoms with Crippen LogP contribution in [0.1, 0.15) is 39.2 Å². The van der Waals surface area contributed by atoms with E-state index in [1.807, 2.05) is 6.92 Å². The molecule has 0 bridgehead atoms. The lowest BCUT2D eigenvalue weighted by Crippen LogP contribution is -2.41. The molecule has 1 atom stereocenters. The minimum absolute atomic E-state index is 0.0709. The van der Waals surface area contributed by atoms with E-state index in [2.05, 4.69) is 33.9 Å². The molecule has 0 aliphatic rings. The maximum absolute atomic E-state index is 14.0. The quantitative estimate of drug-likeness (QED) is 0.781. The van der Waals surface area contributed by atoms with E-state index in [0.717, 1.165) is 0 Å². The van der Waals surface area contributed by atoms with Gasteiger partial charge in [-0.05, 0) is 30.3 Å². The normalized spacial score (nSPS) is 13.8. The Hall–Kier alpha value is -0.888. The fraction of sp³-hybridized carbons (Fsp3) is 0.625. The molecule has 0 spiro atoms. The fourth-order valence-electron chi connectivity index (χ4n) is 1.98. The second-order valence-electron chi connectivity index (χ2n) is 7.46. The molecule has 1 aromatic carbocycles. The van der Waals surface area contributed by atoms with E-state index < -0.39 is 21.3 Å². The van der Waals surface area contributed by atoms with Crippen LogP contribution in [0.5, 0.6) is 5.75 Å². The van der Waals surface area contributed by atoms with E-state index in [1.165, 1.54) is 19.2 Å². The Labute approximate surface area is 139 Å². The highest BCUT2D eigenvalue weighted by Gasteiger charge is 2.37. The van der Waals surface area contributed by atoms with Crippen molar-refractivity contribution in [1.82, 2.24) is 0 Å². The van der Waals surface area contributed by atoms with Crippen LogP contribution in [0.25, 0.3) is 0 Å². The Morgan fingerprint density at radius 1 is 1.26 bits per heavy atom. The van der Waals surface area contributed by atoms with E-state index in [0.29, 0.717) is 17.9 Å². The molecule has 0 aliphatic heterocycles. The number of benzene rings is 1. The van der Waals surface area contributed by atoms with Gasteiger partial charge in [-0.2, -0.15) is 0 Å². The van der Waals surface area contributed by atoms with Crippen molar-refractivity contribution in [2.24, 2.45) is 0 Å². The summed E-state index contributed by atoms with van der Waals surface area (Å²) >= 11 is 0. The van der Waals surface area contributed by atoms with Gasteiger partial charge in [0, 0.05) is 23.6 Å². The molecule has 130 valence electrons. The van der Waals surface area contributed by atoms with Crippen LogP contribution in [0.4, 0.5) is 4.39 Å². The largest absolute Gasteiger partial charge is 0.496 e. The van der Waals surface area contributed by atoms with Gasteiger partial charge in [0.1, 0.15) is 11.6 Å². The molecule has 0 heterocycles. The van der Waals surface area contributed by atoms with Crippen molar-refractivity contribution in [3.8, 4) is 5.75 Å². The van der Waals surface area contributed by atoms with Crippen molar-refractivity contribution >= 4 is 20.9 Å². The van der Waals surface area contributed by atoms with Crippen molar-refractivity contribution in [3.05, 3.63) is 23.5 Å². The Kier molecular flexibility index (Phi) is 6.43. The number of rotatable bonds is 6. The summed E-state index contributed by atoms with van der Waals surface area (Å²) < 4.78 is 25.5. The molecule has 0 saturated carbocycles. The van der Waals surface area contributed by atoms with Gasteiger partial charge in [-0.3, -0.25) is 0 Å². The molecule has 0 amide bonds. The predicted molar refractivity (Wildman–Crippen MR) is 94.3 cm³/mol. The average molecular weight is 342 g/mol. The second kappa shape index (κ2) is 7.34. The van der Waals surface area contributed by atoms with Crippen molar-refractivity contribution in [3.63, 3.8) is 0 Å². The third-order valence-electron chi connectivity index (χ3n) is 4.66. The standard InChI is InChI=1S/C16H28BFO4Si/c1-11(10-22-23(6,7)16(2,3)4)12-8-14(18)13(17(19)20)9-15(12)21-5/h8-9,11,19-20H,10H2,1-7H3/t11-/m0/s1. The first kappa shape index (κ1) is 20.2. The maximum Gasteiger partial charge on any atom is 0.491 e. The van der Waals surface area contributed by atoms with Crippen molar-refractivity contribution in [1.29, 1.82) is 0 Å². The van der Waals surface area contributed by atoms with E-state index >= 15 is 0 Å². The van der Waals surface area contributed by atoms with Gasteiger partial charge in [0.05, 0.1) is 7.11 Å². The van der Waals surface area contributed by atoms with Crippen molar-refractivity contribution in [2.75, 3.05) is 13.7 Å². The van der Waals surface area contributed by atoms with E-state index in [4.69, 9.17) is 9.16 Å². The van der Waals surface area contributed by atoms with E-state index in [-0.39, 0.29) is 16.4 Å². The molecule has 1 aromatic rings. The smallest absolute Gasteiger partial charge is 0.491 e. The topological polar surface area (TPSA) is 58.9 Å². The van der Waals surface area contributed by atoms with Crippen LogP contribution in [0.3, 0.4) is 0 Å². The summed E-state index contributed by atoms with van der Waals surface area (Å²) in [6.07, 6.45) is 0. The summed E-state index contributed by atoms with van der Waals surface area (Å²) in [5.41, 5.74) is 0.469. The molecule has 23 heavy (non-hydrogen) atoms. The highest BCUT2D eigenvalue weighted by molar-refractivity contribution is 6.74. The molecule has 1 rings (SSSR count). The van der Waals surface area contributed by atoms with Crippen LogP contribution in [0.2, 0.25) is 18.1 Å². The molecule has 0 unspecified atom stereocenters. The van der Waals surface area contributed by atoms with Crippen LogP contribution in [0, 0.1) is 5.82 Å². The zero-order valence-corrected chi connectivity index (χ0v) is 16.1. The summed E-state index contributed by atoms with van der Waals surface area (Å²) in [5.74, 6) is -0.297. The molecule has 0 saturated heterocycles. The number of ether oxygens (including phenoxy) is 1. The highest BCUT2D eigenvalue weighted by Crippen LogP contribution is 2.37. The molecule has 2 N–H and O–H groups in total. The molecule has 0 radical (unpaired) electrons. The SMILES string of the molecule is COc1cc(B(O)O)c(F)cc1[C@@H](C)CO[Si](C)(C)C(C)(C)C. The maximum atomic E-state index is 14.0. The summed E-state index contributed by atoms with van der Waals surface area (Å²) in [6, 6.07) is 2.63.